The van der Waals surface area contributed by atoms with Crippen molar-refractivity contribution in [2.24, 2.45) is 0 Å². The van der Waals surface area contributed by atoms with Crippen LogP contribution >= 0.6 is 11.6 Å². The summed E-state index contributed by atoms with van der Waals surface area (Å²) in [5.74, 6) is 2.24. The van der Waals surface area contributed by atoms with Crippen LogP contribution in [0.1, 0.15) is 5.56 Å². The summed E-state index contributed by atoms with van der Waals surface area (Å²) in [6, 6.07) is 13.3. The highest BCUT2D eigenvalue weighted by Gasteiger charge is 2.17. The number of hydrogen-bond donors (Lipinski definition) is 2. The fraction of sp³-hybridized carbons (Fsp3) is 0.286. The summed E-state index contributed by atoms with van der Waals surface area (Å²) in [6.07, 6.45) is 0. The number of nitrogens with one attached hydrogen (secondary N) is 2. The van der Waals surface area contributed by atoms with E-state index in [0.29, 0.717) is 36.1 Å². The minimum absolute atomic E-state index is 0.433. The summed E-state index contributed by atoms with van der Waals surface area (Å²) in [7, 11) is 1.64. The Morgan fingerprint density at radius 3 is 2.20 bits per heavy atom. The largest absolute Gasteiger partial charge is 0.497 e. The molecule has 8 nitrogen and oxygen atoms in total. The number of halogens is 1. The first-order valence-corrected chi connectivity index (χ1v) is 10.0. The van der Waals surface area contributed by atoms with E-state index < -0.39 is 0 Å². The lowest BCUT2D eigenvalue weighted by Gasteiger charge is -2.27. The van der Waals surface area contributed by atoms with Crippen LogP contribution in [0.15, 0.2) is 42.5 Å². The van der Waals surface area contributed by atoms with Crippen molar-refractivity contribution in [3.8, 4) is 5.75 Å². The van der Waals surface area contributed by atoms with Gasteiger partial charge in [-0.05, 0) is 48.9 Å². The fourth-order valence-corrected chi connectivity index (χ4v) is 3.17. The molecule has 2 heterocycles. The molecule has 0 aliphatic carbocycles. The zero-order valence-electron chi connectivity index (χ0n) is 16.9. The quantitative estimate of drug-likeness (QED) is 0.607. The van der Waals surface area contributed by atoms with Gasteiger partial charge in [-0.1, -0.05) is 17.7 Å². The second-order valence-corrected chi connectivity index (χ2v) is 7.23. The van der Waals surface area contributed by atoms with Gasteiger partial charge in [-0.2, -0.15) is 15.0 Å². The third kappa shape index (κ3) is 4.90. The van der Waals surface area contributed by atoms with Gasteiger partial charge < -0.3 is 25.0 Å². The van der Waals surface area contributed by atoms with E-state index >= 15 is 0 Å². The molecule has 1 aromatic heterocycles. The van der Waals surface area contributed by atoms with Crippen LogP contribution in [-0.4, -0.2) is 48.4 Å². The number of anilines is 5. The molecule has 2 N–H and O–H groups in total. The van der Waals surface area contributed by atoms with E-state index in [0.717, 1.165) is 35.8 Å². The van der Waals surface area contributed by atoms with E-state index in [1.54, 1.807) is 7.11 Å². The van der Waals surface area contributed by atoms with Gasteiger partial charge in [0.15, 0.2) is 0 Å². The van der Waals surface area contributed by atoms with Gasteiger partial charge in [-0.25, -0.2) is 0 Å². The van der Waals surface area contributed by atoms with Gasteiger partial charge in [0, 0.05) is 29.5 Å². The van der Waals surface area contributed by atoms with Crippen LogP contribution in [0, 0.1) is 6.92 Å². The predicted octanol–water partition coefficient (Wildman–Crippen LogP) is 4.17. The second-order valence-electron chi connectivity index (χ2n) is 6.82. The van der Waals surface area contributed by atoms with Crippen molar-refractivity contribution in [2.45, 2.75) is 6.92 Å². The van der Waals surface area contributed by atoms with E-state index in [1.807, 2.05) is 49.4 Å². The molecule has 1 aliphatic heterocycles. The Bertz CT molecular complexity index is 1010. The molecule has 0 atom stereocenters. The second kappa shape index (κ2) is 9.15. The number of rotatable bonds is 6. The summed E-state index contributed by atoms with van der Waals surface area (Å²) in [5.41, 5.74) is 2.66. The smallest absolute Gasteiger partial charge is 0.233 e. The lowest BCUT2D eigenvalue weighted by molar-refractivity contribution is 0.122. The Balaban J connectivity index is 1.63. The van der Waals surface area contributed by atoms with Crippen molar-refractivity contribution in [2.75, 3.05) is 48.9 Å². The summed E-state index contributed by atoms with van der Waals surface area (Å²) in [4.78, 5) is 15.8. The van der Waals surface area contributed by atoms with Gasteiger partial charge in [0.2, 0.25) is 17.8 Å². The van der Waals surface area contributed by atoms with Gasteiger partial charge in [0.05, 0.1) is 20.3 Å². The minimum Gasteiger partial charge on any atom is -0.497 e. The molecular weight excluding hydrogens is 404 g/mol. The topological polar surface area (TPSA) is 84.4 Å². The number of ether oxygens (including phenoxy) is 2. The monoisotopic (exact) mass is 426 g/mol. The van der Waals surface area contributed by atoms with Gasteiger partial charge in [0.1, 0.15) is 5.75 Å². The average molecular weight is 427 g/mol. The van der Waals surface area contributed by atoms with Crippen molar-refractivity contribution < 1.29 is 9.47 Å². The maximum absolute atomic E-state index is 6.26. The number of aryl methyl sites for hydroxylation is 1. The molecule has 1 saturated heterocycles. The van der Waals surface area contributed by atoms with E-state index in [1.165, 1.54) is 0 Å². The molecular formula is C21H23ClN6O2. The number of methoxy groups -OCH3 is 1. The molecule has 0 bridgehead atoms. The summed E-state index contributed by atoms with van der Waals surface area (Å²) in [5, 5.41) is 7.15. The molecule has 2 aromatic carbocycles. The lowest BCUT2D eigenvalue weighted by atomic mass is 10.2. The van der Waals surface area contributed by atoms with Crippen LogP contribution in [0.5, 0.6) is 5.75 Å². The normalized spacial score (nSPS) is 13.8. The number of hydrogen-bond acceptors (Lipinski definition) is 8. The van der Waals surface area contributed by atoms with Crippen LogP contribution in [0.2, 0.25) is 5.02 Å². The number of morpholine rings is 1. The van der Waals surface area contributed by atoms with E-state index in [-0.39, 0.29) is 0 Å². The fourth-order valence-electron chi connectivity index (χ4n) is 2.98. The molecule has 0 saturated carbocycles. The van der Waals surface area contributed by atoms with Crippen molar-refractivity contribution >= 4 is 40.8 Å². The van der Waals surface area contributed by atoms with Crippen molar-refractivity contribution in [3.05, 3.63) is 53.1 Å². The van der Waals surface area contributed by atoms with E-state index in [9.17, 15) is 0 Å². The predicted molar refractivity (Wildman–Crippen MR) is 119 cm³/mol. The number of nitrogens with zero attached hydrogens (tertiary/aromatic N) is 4. The molecule has 0 spiro atoms. The molecule has 0 unspecified atom stereocenters. The van der Waals surface area contributed by atoms with Crippen LogP contribution in [0.25, 0.3) is 0 Å². The first-order valence-electron chi connectivity index (χ1n) is 9.64. The van der Waals surface area contributed by atoms with Crippen molar-refractivity contribution in [1.82, 2.24) is 15.0 Å². The maximum Gasteiger partial charge on any atom is 0.233 e. The number of benzene rings is 2. The maximum atomic E-state index is 6.26. The number of aromatic nitrogens is 3. The van der Waals surface area contributed by atoms with Gasteiger partial charge in [-0.3, -0.25) is 0 Å². The van der Waals surface area contributed by atoms with Crippen LogP contribution in [-0.2, 0) is 4.74 Å². The first kappa shape index (κ1) is 20.2. The van der Waals surface area contributed by atoms with Gasteiger partial charge in [-0.15, -0.1) is 0 Å². The Kier molecular flexibility index (Phi) is 6.15. The minimum atomic E-state index is 0.433. The van der Waals surface area contributed by atoms with Crippen molar-refractivity contribution in [3.63, 3.8) is 0 Å². The molecule has 3 aromatic rings. The first-order chi connectivity index (χ1) is 14.6. The molecule has 1 fully saturated rings. The highest BCUT2D eigenvalue weighted by Crippen LogP contribution is 2.25. The zero-order chi connectivity index (χ0) is 20.9. The van der Waals surface area contributed by atoms with E-state index in [4.69, 9.17) is 21.1 Å². The molecule has 4 rings (SSSR count). The Hall–Kier alpha value is -3.10. The highest BCUT2D eigenvalue weighted by molar-refractivity contribution is 6.31. The summed E-state index contributed by atoms with van der Waals surface area (Å²) >= 11 is 6.26. The third-order valence-corrected chi connectivity index (χ3v) is 5.10. The molecule has 1 aliphatic rings. The Morgan fingerprint density at radius 2 is 1.57 bits per heavy atom. The Morgan fingerprint density at radius 1 is 0.933 bits per heavy atom. The van der Waals surface area contributed by atoms with Crippen LogP contribution < -0.4 is 20.3 Å². The SMILES string of the molecule is COc1ccc(Nc2nc(Nc3ccc(C)c(Cl)c3)nc(N3CCOCC3)n2)cc1. The standard InChI is InChI=1S/C21H23ClN6O2/c1-14-3-4-16(13-18(14)22)24-20-25-19(23-15-5-7-17(29-2)8-6-15)26-21(27-20)28-9-11-30-12-10-28/h3-8,13H,9-12H2,1-2H3,(H2,23,24,25,26,27). The molecule has 156 valence electrons. The van der Waals surface area contributed by atoms with E-state index in [2.05, 4.69) is 30.5 Å². The van der Waals surface area contributed by atoms with Crippen molar-refractivity contribution in [1.29, 1.82) is 0 Å². The highest BCUT2D eigenvalue weighted by atomic mass is 35.5. The summed E-state index contributed by atoms with van der Waals surface area (Å²) in [6.45, 7) is 4.69. The molecule has 0 amide bonds. The average Bonchev–Trinajstić information content (AvgIpc) is 2.77. The zero-order valence-corrected chi connectivity index (χ0v) is 17.6. The summed E-state index contributed by atoms with van der Waals surface area (Å²) < 4.78 is 10.7. The lowest BCUT2D eigenvalue weighted by Crippen LogP contribution is -2.37. The third-order valence-electron chi connectivity index (χ3n) is 4.69. The molecule has 9 heteroatoms. The van der Waals surface area contributed by atoms with Gasteiger partial charge in [0.25, 0.3) is 0 Å². The van der Waals surface area contributed by atoms with Crippen LogP contribution in [0.3, 0.4) is 0 Å². The van der Waals surface area contributed by atoms with Gasteiger partial charge >= 0.3 is 0 Å². The molecule has 30 heavy (non-hydrogen) atoms. The van der Waals surface area contributed by atoms with Crippen LogP contribution in [0.4, 0.5) is 29.2 Å². The Labute approximate surface area is 180 Å². The molecule has 0 radical (unpaired) electrons.